The number of hydrogen-bond donors (Lipinski definition) is 3. The molecule has 0 aliphatic carbocycles. The molecule has 1 amide bonds. The molecule has 0 bridgehead atoms. The van der Waals surface area contributed by atoms with E-state index in [0.29, 0.717) is 11.3 Å². The molecule has 3 rings (SSSR count). The van der Waals surface area contributed by atoms with Gasteiger partial charge in [-0.25, -0.2) is 12.6 Å². The van der Waals surface area contributed by atoms with Gasteiger partial charge in [-0.1, -0.05) is 23.7 Å². The minimum absolute atomic E-state index is 0.00211. The molecule has 0 heterocycles. The number of methoxy groups -OCH3 is 1. The first-order valence-electron chi connectivity index (χ1n) is 11.8. The minimum atomic E-state index is -4.45. The van der Waals surface area contributed by atoms with Crippen molar-refractivity contribution in [2.24, 2.45) is 0 Å². The number of carbonyl (C=O) groups is 2. The van der Waals surface area contributed by atoms with E-state index < -0.39 is 45.3 Å². The first-order valence-corrected chi connectivity index (χ1v) is 14.9. The van der Waals surface area contributed by atoms with Gasteiger partial charge in [0.1, 0.15) is 16.4 Å². The Morgan fingerprint density at radius 3 is 2.33 bits per heavy atom. The standard InChI is InChI=1S/C26H27ClN2O9S2/c1-3-38-22-10-6-18(26(32)28-20-8-4-17(5-9-20)14-25(30)31)15-21(22)29(12-13-39(33)34)40(35,36)24-16-19(27)7-11-23(24)37-2/h4-11,15-16H,3,12-14H2,1-2H3,(H,28,32)(H,30,31)(H,33,34). The summed E-state index contributed by atoms with van der Waals surface area (Å²) in [5, 5.41) is 11.7. The van der Waals surface area contributed by atoms with Crippen LogP contribution in [0.1, 0.15) is 22.8 Å². The fraction of sp³-hybridized carbons (Fsp3) is 0.231. The number of anilines is 2. The van der Waals surface area contributed by atoms with Gasteiger partial charge >= 0.3 is 5.97 Å². The highest BCUT2D eigenvalue weighted by Crippen LogP contribution is 2.37. The van der Waals surface area contributed by atoms with Gasteiger partial charge in [0.25, 0.3) is 15.9 Å². The highest BCUT2D eigenvalue weighted by molar-refractivity contribution is 7.93. The Balaban J connectivity index is 2.07. The molecule has 3 aromatic carbocycles. The highest BCUT2D eigenvalue weighted by atomic mass is 35.5. The van der Waals surface area contributed by atoms with Gasteiger partial charge in [0.15, 0.2) is 11.1 Å². The fourth-order valence-electron chi connectivity index (χ4n) is 3.72. The zero-order valence-electron chi connectivity index (χ0n) is 21.5. The SMILES string of the molecule is CCOc1ccc(C(=O)Nc2ccc(CC(=O)O)cc2)cc1N(CCS(=O)O)S(=O)(=O)c1cc(Cl)ccc1OC. The molecule has 0 saturated carbocycles. The summed E-state index contributed by atoms with van der Waals surface area (Å²) in [6.07, 6.45) is -0.170. The van der Waals surface area contributed by atoms with Crippen LogP contribution in [-0.2, 0) is 32.3 Å². The molecule has 0 radical (unpaired) electrons. The number of rotatable bonds is 13. The maximum absolute atomic E-state index is 13.9. The van der Waals surface area contributed by atoms with Crippen LogP contribution in [0.4, 0.5) is 11.4 Å². The van der Waals surface area contributed by atoms with Gasteiger partial charge in [-0.05, 0) is 61.0 Å². The third-order valence-corrected chi connectivity index (χ3v) is 8.12. The predicted molar refractivity (Wildman–Crippen MR) is 152 cm³/mol. The summed E-state index contributed by atoms with van der Waals surface area (Å²) < 4.78 is 60.6. The van der Waals surface area contributed by atoms with Crippen molar-refractivity contribution < 1.29 is 41.3 Å². The molecule has 0 saturated heterocycles. The lowest BCUT2D eigenvalue weighted by Gasteiger charge is -2.27. The molecule has 11 nitrogen and oxygen atoms in total. The lowest BCUT2D eigenvalue weighted by molar-refractivity contribution is -0.136. The maximum Gasteiger partial charge on any atom is 0.307 e. The fourth-order valence-corrected chi connectivity index (χ4v) is 6.06. The van der Waals surface area contributed by atoms with Crippen molar-refractivity contribution in [3.8, 4) is 11.5 Å². The highest BCUT2D eigenvalue weighted by Gasteiger charge is 2.31. The minimum Gasteiger partial charge on any atom is -0.495 e. The van der Waals surface area contributed by atoms with Gasteiger partial charge in [0.2, 0.25) is 0 Å². The Kier molecular flexibility index (Phi) is 10.5. The second-order valence-electron chi connectivity index (χ2n) is 8.24. The number of hydrogen-bond acceptors (Lipinski definition) is 7. The second-order valence-corrected chi connectivity index (χ2v) is 11.6. The van der Waals surface area contributed by atoms with Crippen molar-refractivity contribution in [3.63, 3.8) is 0 Å². The molecule has 0 spiro atoms. The van der Waals surface area contributed by atoms with Crippen molar-refractivity contribution in [1.29, 1.82) is 0 Å². The molecule has 40 heavy (non-hydrogen) atoms. The van der Waals surface area contributed by atoms with E-state index in [-0.39, 0.29) is 45.7 Å². The van der Waals surface area contributed by atoms with Crippen molar-refractivity contribution in [1.82, 2.24) is 0 Å². The molecule has 14 heteroatoms. The zero-order valence-corrected chi connectivity index (χ0v) is 23.9. The molecule has 0 aliphatic heterocycles. The van der Waals surface area contributed by atoms with Gasteiger partial charge in [-0.2, -0.15) is 0 Å². The van der Waals surface area contributed by atoms with Crippen LogP contribution in [0.2, 0.25) is 5.02 Å². The van der Waals surface area contributed by atoms with Crippen molar-refractivity contribution in [2.45, 2.75) is 18.2 Å². The number of carboxylic acid groups (broad SMARTS) is 1. The summed E-state index contributed by atoms with van der Waals surface area (Å²) in [5.74, 6) is -1.90. The Morgan fingerprint density at radius 1 is 1.05 bits per heavy atom. The van der Waals surface area contributed by atoms with Crippen molar-refractivity contribution >= 4 is 56.0 Å². The smallest absolute Gasteiger partial charge is 0.307 e. The monoisotopic (exact) mass is 610 g/mol. The number of carboxylic acids is 1. The van der Waals surface area contributed by atoms with Crippen LogP contribution >= 0.6 is 11.6 Å². The Hall–Kier alpha value is -3.65. The summed E-state index contributed by atoms with van der Waals surface area (Å²) in [6.45, 7) is 1.43. The van der Waals surface area contributed by atoms with Crippen LogP contribution in [-0.4, -0.2) is 60.2 Å². The molecule has 3 N–H and O–H groups in total. The van der Waals surface area contributed by atoms with Crippen LogP contribution in [0.25, 0.3) is 0 Å². The topological polar surface area (TPSA) is 160 Å². The van der Waals surface area contributed by atoms with Crippen LogP contribution < -0.4 is 19.1 Å². The van der Waals surface area contributed by atoms with Crippen LogP contribution in [0.3, 0.4) is 0 Å². The lowest BCUT2D eigenvalue weighted by atomic mass is 10.1. The van der Waals surface area contributed by atoms with Gasteiger partial charge in [-0.15, -0.1) is 0 Å². The van der Waals surface area contributed by atoms with E-state index in [1.807, 2.05) is 0 Å². The average Bonchev–Trinajstić information content (AvgIpc) is 2.90. The molecule has 3 aromatic rings. The number of ether oxygens (including phenoxy) is 2. The number of benzene rings is 3. The van der Waals surface area contributed by atoms with Crippen LogP contribution in [0.15, 0.2) is 65.6 Å². The first-order chi connectivity index (χ1) is 19.0. The summed E-state index contributed by atoms with van der Waals surface area (Å²) in [4.78, 5) is 23.7. The number of sulfonamides is 1. The maximum atomic E-state index is 13.9. The number of amides is 1. The summed E-state index contributed by atoms with van der Waals surface area (Å²) in [7, 11) is -3.16. The number of nitrogens with one attached hydrogen (secondary N) is 1. The quantitative estimate of drug-likeness (QED) is 0.243. The number of halogens is 1. The number of nitrogens with zero attached hydrogens (tertiary/aromatic N) is 1. The average molecular weight is 611 g/mol. The van der Waals surface area contributed by atoms with E-state index in [1.165, 1.54) is 43.5 Å². The van der Waals surface area contributed by atoms with E-state index >= 15 is 0 Å². The molecule has 0 fully saturated rings. The molecular formula is C26H27ClN2O9S2. The summed E-state index contributed by atoms with van der Waals surface area (Å²) >= 11 is 3.74. The summed E-state index contributed by atoms with van der Waals surface area (Å²) in [5.41, 5.74) is 0.959. The molecule has 1 unspecified atom stereocenters. The van der Waals surface area contributed by atoms with E-state index in [9.17, 15) is 26.8 Å². The predicted octanol–water partition coefficient (Wildman–Crippen LogP) is 4.04. The third kappa shape index (κ3) is 7.72. The van der Waals surface area contributed by atoms with Crippen molar-refractivity contribution in [2.75, 3.05) is 35.6 Å². The van der Waals surface area contributed by atoms with E-state index in [2.05, 4.69) is 5.32 Å². The Labute approximate surface area is 239 Å². The van der Waals surface area contributed by atoms with Gasteiger partial charge in [-0.3, -0.25) is 13.9 Å². The Bertz CT molecular complexity index is 1510. The van der Waals surface area contributed by atoms with E-state index in [0.717, 1.165) is 4.31 Å². The summed E-state index contributed by atoms with van der Waals surface area (Å²) in [6, 6.07) is 14.4. The Morgan fingerprint density at radius 2 is 1.73 bits per heavy atom. The molecule has 0 aliphatic rings. The van der Waals surface area contributed by atoms with Gasteiger partial charge < -0.3 is 24.4 Å². The first kappa shape index (κ1) is 30.9. The molecule has 214 valence electrons. The number of aliphatic carboxylic acids is 1. The lowest BCUT2D eigenvalue weighted by Crippen LogP contribution is -2.35. The second kappa shape index (κ2) is 13.6. The normalized spacial score (nSPS) is 11.9. The van der Waals surface area contributed by atoms with E-state index in [1.54, 1.807) is 31.2 Å². The largest absolute Gasteiger partial charge is 0.495 e. The van der Waals surface area contributed by atoms with Crippen LogP contribution in [0, 0.1) is 0 Å². The van der Waals surface area contributed by atoms with Crippen LogP contribution in [0.5, 0.6) is 11.5 Å². The van der Waals surface area contributed by atoms with Gasteiger partial charge in [0.05, 0.1) is 31.6 Å². The van der Waals surface area contributed by atoms with Gasteiger partial charge in [0, 0.05) is 22.8 Å². The number of carbonyl (C=O) groups excluding carboxylic acids is 1. The molecular weight excluding hydrogens is 584 g/mol. The zero-order chi connectivity index (χ0) is 29.4. The molecule has 1 atom stereocenters. The molecule has 0 aromatic heterocycles. The van der Waals surface area contributed by atoms with Crippen molar-refractivity contribution in [3.05, 3.63) is 76.8 Å². The van der Waals surface area contributed by atoms with E-state index in [4.69, 9.17) is 26.2 Å². The third-order valence-electron chi connectivity index (χ3n) is 5.52.